The molecule has 0 aromatic heterocycles. The molecular weight excluding hydrogens is 183 g/mol. The van der Waals surface area contributed by atoms with E-state index in [0.717, 1.165) is 6.92 Å². The minimum atomic E-state index is -5.06. The predicted molar refractivity (Wildman–Crippen MR) is 31.6 cm³/mol. The molecule has 0 aliphatic carbocycles. The van der Waals surface area contributed by atoms with Crippen molar-refractivity contribution in [2.75, 3.05) is 0 Å². The molecule has 0 aliphatic rings. The van der Waals surface area contributed by atoms with Gasteiger partial charge in [0.25, 0.3) is 6.08 Å². The first-order chi connectivity index (χ1) is 5.25. The average Bonchev–Trinajstić information content (AvgIpc) is 1.79. The van der Waals surface area contributed by atoms with Crippen LogP contribution in [0.3, 0.4) is 0 Å². The molecular formula is C6H7F5O. The van der Waals surface area contributed by atoms with Gasteiger partial charge in [-0.25, -0.2) is 0 Å². The number of hydrogen-bond acceptors (Lipinski definition) is 1. The number of rotatable bonds is 2. The fraction of sp³-hybridized carbons (Fsp3) is 0.667. The molecule has 0 aliphatic heterocycles. The van der Waals surface area contributed by atoms with Crippen molar-refractivity contribution in [3.05, 3.63) is 11.7 Å². The lowest BCUT2D eigenvalue weighted by Crippen LogP contribution is -2.17. The van der Waals surface area contributed by atoms with Crippen molar-refractivity contribution in [3.8, 4) is 0 Å². The zero-order chi connectivity index (χ0) is 9.94. The summed E-state index contributed by atoms with van der Waals surface area (Å²) >= 11 is 0. The molecule has 1 atom stereocenters. The molecule has 0 fully saturated rings. The van der Waals surface area contributed by atoms with Gasteiger partial charge in [0, 0.05) is 6.42 Å². The number of aliphatic hydroxyl groups is 1. The smallest absolute Gasteiger partial charge is 0.393 e. The van der Waals surface area contributed by atoms with Crippen molar-refractivity contribution in [1.29, 1.82) is 0 Å². The maximum atomic E-state index is 11.7. The summed E-state index contributed by atoms with van der Waals surface area (Å²) in [5.41, 5.74) is -1.96. The topological polar surface area (TPSA) is 20.2 Å². The SMILES string of the molecule is CC(O)CC(=C(F)F)C(F)(F)F. The highest BCUT2D eigenvalue weighted by Crippen LogP contribution is 2.32. The molecule has 0 rings (SSSR count). The van der Waals surface area contributed by atoms with E-state index in [-0.39, 0.29) is 0 Å². The molecule has 1 unspecified atom stereocenters. The van der Waals surface area contributed by atoms with E-state index >= 15 is 0 Å². The van der Waals surface area contributed by atoms with Crippen LogP contribution in [0.5, 0.6) is 0 Å². The van der Waals surface area contributed by atoms with Crippen LogP contribution in [-0.4, -0.2) is 17.4 Å². The van der Waals surface area contributed by atoms with Crippen LogP contribution >= 0.6 is 0 Å². The highest BCUT2D eigenvalue weighted by Gasteiger charge is 2.37. The molecule has 0 saturated carbocycles. The van der Waals surface area contributed by atoms with E-state index in [1.165, 1.54) is 0 Å². The van der Waals surface area contributed by atoms with Gasteiger partial charge in [-0.15, -0.1) is 0 Å². The summed E-state index contributed by atoms with van der Waals surface area (Å²) in [6, 6.07) is 0. The molecule has 0 aromatic carbocycles. The van der Waals surface area contributed by atoms with Gasteiger partial charge in [0.1, 0.15) is 5.57 Å². The predicted octanol–water partition coefficient (Wildman–Crippen LogP) is 2.47. The van der Waals surface area contributed by atoms with E-state index in [1.54, 1.807) is 0 Å². The number of halogens is 5. The second kappa shape index (κ2) is 3.84. The fourth-order valence-corrected chi connectivity index (χ4v) is 0.595. The third-order valence-electron chi connectivity index (χ3n) is 1.07. The van der Waals surface area contributed by atoms with E-state index in [0.29, 0.717) is 0 Å². The lowest BCUT2D eigenvalue weighted by atomic mass is 10.1. The summed E-state index contributed by atoms with van der Waals surface area (Å²) in [5, 5.41) is 8.47. The molecule has 0 bridgehead atoms. The van der Waals surface area contributed by atoms with Crippen molar-refractivity contribution in [2.45, 2.75) is 25.6 Å². The van der Waals surface area contributed by atoms with Crippen molar-refractivity contribution in [2.24, 2.45) is 0 Å². The van der Waals surface area contributed by atoms with Gasteiger partial charge >= 0.3 is 6.18 Å². The molecule has 1 N–H and O–H groups in total. The minimum absolute atomic E-state index is 1.01. The Morgan fingerprint density at radius 3 is 1.83 bits per heavy atom. The van der Waals surface area contributed by atoms with Crippen LogP contribution in [0.1, 0.15) is 13.3 Å². The zero-order valence-corrected chi connectivity index (χ0v) is 6.12. The Morgan fingerprint density at radius 2 is 1.75 bits per heavy atom. The molecule has 0 radical (unpaired) electrons. The summed E-state index contributed by atoms with van der Waals surface area (Å²) in [6.45, 7) is 1.01. The summed E-state index contributed by atoms with van der Waals surface area (Å²) in [6.07, 6.45) is -10.4. The van der Waals surface area contributed by atoms with Crippen molar-refractivity contribution in [3.63, 3.8) is 0 Å². The van der Waals surface area contributed by atoms with Gasteiger partial charge in [-0.2, -0.15) is 22.0 Å². The minimum Gasteiger partial charge on any atom is -0.393 e. The second-order valence-electron chi connectivity index (χ2n) is 2.29. The Balaban J connectivity index is 4.60. The summed E-state index contributed by atoms with van der Waals surface area (Å²) in [7, 11) is 0. The maximum absolute atomic E-state index is 11.7. The van der Waals surface area contributed by atoms with E-state index in [9.17, 15) is 22.0 Å². The fourth-order valence-electron chi connectivity index (χ4n) is 0.595. The van der Waals surface area contributed by atoms with Crippen molar-refractivity contribution >= 4 is 0 Å². The van der Waals surface area contributed by atoms with Gasteiger partial charge in [0.2, 0.25) is 0 Å². The standard InChI is InChI=1S/C6H7F5O/c1-3(12)2-4(5(7)8)6(9,10)11/h3,12H,2H2,1H3. The highest BCUT2D eigenvalue weighted by atomic mass is 19.4. The molecule has 0 amide bonds. The first-order valence-electron chi connectivity index (χ1n) is 3.04. The van der Waals surface area contributed by atoms with E-state index < -0.39 is 30.4 Å². The van der Waals surface area contributed by atoms with Crippen molar-refractivity contribution in [1.82, 2.24) is 0 Å². The normalized spacial score (nSPS) is 14.2. The van der Waals surface area contributed by atoms with Crippen LogP contribution in [-0.2, 0) is 0 Å². The molecule has 0 aromatic rings. The quantitative estimate of drug-likeness (QED) is 0.663. The van der Waals surface area contributed by atoms with E-state index in [4.69, 9.17) is 5.11 Å². The Morgan fingerprint density at radius 1 is 1.33 bits per heavy atom. The monoisotopic (exact) mass is 190 g/mol. The van der Waals surface area contributed by atoms with Gasteiger partial charge in [-0.05, 0) is 6.92 Å². The van der Waals surface area contributed by atoms with Gasteiger partial charge in [0.15, 0.2) is 0 Å². The summed E-state index contributed by atoms with van der Waals surface area (Å²) < 4.78 is 58.3. The van der Waals surface area contributed by atoms with Gasteiger partial charge in [-0.1, -0.05) is 0 Å². The maximum Gasteiger partial charge on any atom is 0.417 e. The molecule has 6 heteroatoms. The van der Waals surface area contributed by atoms with Gasteiger partial charge in [-0.3, -0.25) is 0 Å². The van der Waals surface area contributed by atoms with Crippen LogP contribution in [0.15, 0.2) is 11.7 Å². The third kappa shape index (κ3) is 3.66. The van der Waals surface area contributed by atoms with Crippen LogP contribution in [0, 0.1) is 0 Å². The summed E-state index contributed by atoms with van der Waals surface area (Å²) in [4.78, 5) is 0. The van der Waals surface area contributed by atoms with Crippen LogP contribution in [0.25, 0.3) is 0 Å². The van der Waals surface area contributed by atoms with Crippen molar-refractivity contribution < 1.29 is 27.1 Å². The Bertz CT molecular complexity index is 177. The van der Waals surface area contributed by atoms with Crippen LogP contribution in [0.2, 0.25) is 0 Å². The van der Waals surface area contributed by atoms with Gasteiger partial charge < -0.3 is 5.11 Å². The first kappa shape index (κ1) is 11.4. The van der Waals surface area contributed by atoms with E-state index in [2.05, 4.69) is 0 Å². The third-order valence-corrected chi connectivity index (χ3v) is 1.07. The first-order valence-corrected chi connectivity index (χ1v) is 3.04. The molecule has 72 valence electrons. The number of alkyl halides is 3. The summed E-state index contributed by atoms with van der Waals surface area (Å²) in [5.74, 6) is 0. The van der Waals surface area contributed by atoms with Gasteiger partial charge in [0.05, 0.1) is 6.10 Å². The Labute approximate surface area is 65.5 Å². The highest BCUT2D eigenvalue weighted by molar-refractivity contribution is 5.10. The Hall–Kier alpha value is -0.650. The lowest BCUT2D eigenvalue weighted by molar-refractivity contribution is -0.100. The number of aliphatic hydroxyl groups excluding tert-OH is 1. The van der Waals surface area contributed by atoms with Crippen LogP contribution in [0.4, 0.5) is 22.0 Å². The molecule has 0 heterocycles. The molecule has 0 spiro atoms. The second-order valence-corrected chi connectivity index (χ2v) is 2.29. The number of hydrogen-bond donors (Lipinski definition) is 1. The zero-order valence-electron chi connectivity index (χ0n) is 6.12. The van der Waals surface area contributed by atoms with E-state index in [1.807, 2.05) is 0 Å². The van der Waals surface area contributed by atoms with Crippen LogP contribution < -0.4 is 0 Å². The lowest BCUT2D eigenvalue weighted by Gasteiger charge is -2.11. The average molecular weight is 190 g/mol. The Kier molecular flexibility index (Phi) is 3.63. The largest absolute Gasteiger partial charge is 0.417 e. The molecule has 1 nitrogen and oxygen atoms in total. The molecule has 12 heavy (non-hydrogen) atoms. The molecule has 0 saturated heterocycles.